The summed E-state index contributed by atoms with van der Waals surface area (Å²) in [7, 11) is 4.60. The number of nitrogens with zero attached hydrogens (tertiary/aromatic N) is 1. The van der Waals surface area contributed by atoms with E-state index >= 15 is 0 Å². The highest BCUT2D eigenvalue weighted by Gasteiger charge is 2.33. The topological polar surface area (TPSA) is 77.1 Å². The lowest BCUT2D eigenvalue weighted by atomic mass is 9.86. The normalized spacial score (nSPS) is 23.9. The molecule has 3 atom stereocenters. The molecule has 3 rings (SSSR count). The van der Waals surface area contributed by atoms with Gasteiger partial charge in [-0.25, -0.2) is 0 Å². The number of ether oxygens (including phenoxy) is 3. The number of fused-ring (bicyclic) bond motifs is 1. The van der Waals surface area contributed by atoms with Crippen LogP contribution in [0, 0.1) is 5.92 Å². The molecule has 166 valence electrons. The summed E-state index contributed by atoms with van der Waals surface area (Å²) in [6, 6.07) is 3.90. The Hall–Kier alpha value is -2.28. The van der Waals surface area contributed by atoms with Gasteiger partial charge in [-0.1, -0.05) is 19.8 Å². The van der Waals surface area contributed by atoms with Crippen LogP contribution in [0.4, 0.5) is 0 Å². The molecule has 1 N–H and O–H groups in total. The predicted molar refractivity (Wildman–Crippen MR) is 114 cm³/mol. The molecule has 0 saturated heterocycles. The summed E-state index contributed by atoms with van der Waals surface area (Å²) in [5.41, 5.74) is 2.10. The Balaban J connectivity index is 1.80. The van der Waals surface area contributed by atoms with Crippen molar-refractivity contribution in [2.24, 2.45) is 5.92 Å². The fraction of sp³-hybridized carbons (Fsp3) is 0.652. The Labute approximate surface area is 179 Å². The van der Waals surface area contributed by atoms with Crippen molar-refractivity contribution in [2.75, 3.05) is 34.4 Å². The Bertz CT molecular complexity index is 766. The van der Waals surface area contributed by atoms with Crippen LogP contribution in [-0.2, 0) is 20.7 Å². The molecule has 0 aromatic heterocycles. The van der Waals surface area contributed by atoms with Crippen molar-refractivity contribution in [1.29, 1.82) is 0 Å². The number of amides is 1. The standard InChI is InChI=1S/C23H34N2O5/c1-15-7-5-6-8-18(15)24-22(26)14-25-10-9-16-11-20(28-2)21(29-3)12-17(16)19(25)13-23(27)30-4/h11-12,15,18-19H,5-10,13-14H2,1-4H3,(H,24,26)/t15-,18-,19+/m1/s1. The third kappa shape index (κ3) is 5.06. The summed E-state index contributed by atoms with van der Waals surface area (Å²) in [5, 5.41) is 3.23. The van der Waals surface area contributed by atoms with Crippen molar-refractivity contribution in [3.63, 3.8) is 0 Å². The maximum atomic E-state index is 12.8. The highest BCUT2D eigenvalue weighted by atomic mass is 16.5. The zero-order valence-electron chi connectivity index (χ0n) is 18.5. The number of nitrogens with one attached hydrogen (secondary N) is 1. The van der Waals surface area contributed by atoms with Crippen LogP contribution in [0.25, 0.3) is 0 Å². The van der Waals surface area contributed by atoms with Gasteiger partial charge in [0, 0.05) is 18.6 Å². The van der Waals surface area contributed by atoms with Crippen molar-refractivity contribution >= 4 is 11.9 Å². The van der Waals surface area contributed by atoms with E-state index in [1.807, 2.05) is 12.1 Å². The van der Waals surface area contributed by atoms with Crippen LogP contribution in [0.2, 0.25) is 0 Å². The number of esters is 1. The van der Waals surface area contributed by atoms with Crippen LogP contribution in [0.15, 0.2) is 12.1 Å². The average Bonchev–Trinajstić information content (AvgIpc) is 2.75. The first-order valence-electron chi connectivity index (χ1n) is 10.8. The third-order valence-electron chi connectivity index (χ3n) is 6.51. The van der Waals surface area contributed by atoms with Crippen LogP contribution in [0.3, 0.4) is 0 Å². The van der Waals surface area contributed by atoms with Gasteiger partial charge in [-0.2, -0.15) is 0 Å². The molecule has 0 radical (unpaired) electrons. The zero-order chi connectivity index (χ0) is 21.7. The van der Waals surface area contributed by atoms with E-state index in [0.29, 0.717) is 24.0 Å². The van der Waals surface area contributed by atoms with Crippen LogP contribution < -0.4 is 14.8 Å². The number of rotatable bonds is 7. The van der Waals surface area contributed by atoms with Gasteiger partial charge in [0.25, 0.3) is 0 Å². The zero-order valence-corrected chi connectivity index (χ0v) is 18.5. The largest absolute Gasteiger partial charge is 0.493 e. The number of hydrogen-bond acceptors (Lipinski definition) is 6. The van der Waals surface area contributed by atoms with E-state index in [0.717, 1.165) is 30.4 Å². The van der Waals surface area contributed by atoms with Crippen molar-refractivity contribution in [1.82, 2.24) is 10.2 Å². The Morgan fingerprint density at radius 3 is 2.47 bits per heavy atom. The fourth-order valence-electron chi connectivity index (χ4n) is 4.72. The van der Waals surface area contributed by atoms with Gasteiger partial charge in [-0.15, -0.1) is 0 Å². The molecule has 1 aromatic rings. The molecule has 1 amide bonds. The molecular weight excluding hydrogens is 384 g/mol. The smallest absolute Gasteiger partial charge is 0.307 e. The Morgan fingerprint density at radius 2 is 1.80 bits per heavy atom. The van der Waals surface area contributed by atoms with Gasteiger partial charge in [0.2, 0.25) is 5.91 Å². The van der Waals surface area contributed by atoms with E-state index in [-0.39, 0.29) is 36.9 Å². The summed E-state index contributed by atoms with van der Waals surface area (Å²) < 4.78 is 15.8. The Morgan fingerprint density at radius 1 is 1.10 bits per heavy atom. The minimum atomic E-state index is -0.297. The van der Waals surface area contributed by atoms with Gasteiger partial charge >= 0.3 is 5.97 Å². The van der Waals surface area contributed by atoms with Gasteiger partial charge in [0.05, 0.1) is 34.3 Å². The molecule has 1 aromatic carbocycles. The van der Waals surface area contributed by atoms with Crippen LogP contribution in [0.5, 0.6) is 11.5 Å². The molecule has 1 aliphatic carbocycles. The van der Waals surface area contributed by atoms with Crippen molar-refractivity contribution in [3.8, 4) is 11.5 Å². The first-order chi connectivity index (χ1) is 14.5. The van der Waals surface area contributed by atoms with Gasteiger partial charge in [-0.05, 0) is 48.4 Å². The summed E-state index contributed by atoms with van der Waals surface area (Å²) >= 11 is 0. The van der Waals surface area contributed by atoms with Gasteiger partial charge in [0.1, 0.15) is 0 Å². The number of methoxy groups -OCH3 is 3. The molecule has 7 heteroatoms. The summed E-state index contributed by atoms with van der Waals surface area (Å²) in [6.45, 7) is 3.16. The highest BCUT2D eigenvalue weighted by molar-refractivity contribution is 5.79. The quantitative estimate of drug-likeness (QED) is 0.686. The van der Waals surface area contributed by atoms with E-state index < -0.39 is 0 Å². The van der Waals surface area contributed by atoms with E-state index in [4.69, 9.17) is 14.2 Å². The molecule has 0 bridgehead atoms. The molecular formula is C23H34N2O5. The Kier molecular flexibility index (Phi) is 7.58. The molecule has 1 fully saturated rings. The lowest BCUT2D eigenvalue weighted by Gasteiger charge is -2.37. The van der Waals surface area contributed by atoms with E-state index in [1.165, 1.54) is 20.0 Å². The minimum Gasteiger partial charge on any atom is -0.493 e. The van der Waals surface area contributed by atoms with Crippen molar-refractivity contribution in [3.05, 3.63) is 23.3 Å². The molecule has 1 saturated carbocycles. The van der Waals surface area contributed by atoms with Crippen LogP contribution in [0.1, 0.15) is 56.2 Å². The number of benzene rings is 1. The summed E-state index contributed by atoms with van der Waals surface area (Å²) in [4.78, 5) is 27.1. The van der Waals surface area contributed by atoms with Gasteiger partial charge in [0.15, 0.2) is 11.5 Å². The maximum Gasteiger partial charge on any atom is 0.307 e. The second-order valence-corrected chi connectivity index (χ2v) is 8.36. The second kappa shape index (κ2) is 10.2. The second-order valence-electron chi connectivity index (χ2n) is 8.36. The van der Waals surface area contributed by atoms with E-state index in [1.54, 1.807) is 14.2 Å². The number of hydrogen-bond donors (Lipinski definition) is 1. The molecule has 7 nitrogen and oxygen atoms in total. The lowest BCUT2D eigenvalue weighted by Crippen LogP contribution is -2.48. The van der Waals surface area contributed by atoms with Crippen molar-refractivity contribution < 1.29 is 23.8 Å². The summed E-state index contributed by atoms with van der Waals surface area (Å²) in [5.74, 6) is 1.52. The van der Waals surface area contributed by atoms with E-state index in [9.17, 15) is 9.59 Å². The van der Waals surface area contributed by atoms with Crippen LogP contribution >= 0.6 is 0 Å². The SMILES string of the molecule is COC(=O)C[C@H]1c2cc(OC)c(OC)cc2CCN1CC(=O)N[C@@H]1CCCC[C@H]1C. The third-order valence-corrected chi connectivity index (χ3v) is 6.51. The van der Waals surface area contributed by atoms with Crippen molar-refractivity contribution in [2.45, 2.75) is 57.5 Å². The average molecular weight is 419 g/mol. The molecule has 0 unspecified atom stereocenters. The predicted octanol–water partition coefficient (Wildman–Crippen LogP) is 2.86. The lowest BCUT2D eigenvalue weighted by molar-refractivity contribution is -0.142. The first kappa shape index (κ1) is 22.4. The highest BCUT2D eigenvalue weighted by Crippen LogP contribution is 2.39. The number of carbonyl (C=O) groups is 2. The van der Waals surface area contributed by atoms with Gasteiger partial charge in [-0.3, -0.25) is 14.5 Å². The molecule has 2 aliphatic rings. The first-order valence-corrected chi connectivity index (χ1v) is 10.8. The summed E-state index contributed by atoms with van der Waals surface area (Å²) in [6.07, 6.45) is 5.57. The van der Waals surface area contributed by atoms with Gasteiger partial charge < -0.3 is 19.5 Å². The molecule has 1 aliphatic heterocycles. The number of carbonyl (C=O) groups excluding carboxylic acids is 2. The maximum absolute atomic E-state index is 12.8. The van der Waals surface area contributed by atoms with E-state index in [2.05, 4.69) is 17.1 Å². The minimum absolute atomic E-state index is 0.0209. The van der Waals surface area contributed by atoms with Crippen LogP contribution in [-0.4, -0.2) is 57.2 Å². The molecule has 0 spiro atoms. The molecule has 30 heavy (non-hydrogen) atoms. The molecule has 1 heterocycles. The monoisotopic (exact) mass is 418 g/mol. The fourth-order valence-corrected chi connectivity index (χ4v) is 4.72.